The molecule has 2 aliphatic rings. The van der Waals surface area contributed by atoms with E-state index in [9.17, 15) is 18.0 Å². The molecule has 5 heteroatoms. The molecule has 0 amide bonds. The van der Waals surface area contributed by atoms with E-state index in [0.717, 1.165) is 37.5 Å². The largest absolute Gasteiger partial charge is 0.426 e. The predicted octanol–water partition coefficient (Wildman–Crippen LogP) is 6.03. The van der Waals surface area contributed by atoms with Crippen molar-refractivity contribution in [3.8, 4) is 5.75 Å². The highest BCUT2D eigenvalue weighted by Crippen LogP contribution is 2.38. The van der Waals surface area contributed by atoms with E-state index in [1.54, 1.807) is 0 Å². The first kappa shape index (κ1) is 19.2. The third-order valence-corrected chi connectivity index (χ3v) is 6.16. The van der Waals surface area contributed by atoms with Gasteiger partial charge in [0.05, 0.1) is 5.92 Å². The summed E-state index contributed by atoms with van der Waals surface area (Å²) < 4.78 is 44.5. The van der Waals surface area contributed by atoms with Crippen molar-refractivity contribution in [2.24, 2.45) is 23.7 Å². The Balaban J connectivity index is 1.46. The van der Waals surface area contributed by atoms with Crippen molar-refractivity contribution < 1.29 is 22.7 Å². The second-order valence-corrected chi connectivity index (χ2v) is 8.20. The smallest absolute Gasteiger partial charge is 0.314 e. The number of hydrogen-bond acceptors (Lipinski definition) is 2. The lowest BCUT2D eigenvalue weighted by Crippen LogP contribution is -2.27. The summed E-state index contributed by atoms with van der Waals surface area (Å²) in [5.41, 5.74) is 0. The van der Waals surface area contributed by atoms with Gasteiger partial charge < -0.3 is 4.74 Å². The summed E-state index contributed by atoms with van der Waals surface area (Å²) >= 11 is 0. The van der Waals surface area contributed by atoms with Crippen LogP contribution in [-0.4, -0.2) is 5.97 Å². The Morgan fingerprint density at radius 2 is 1.42 bits per heavy atom. The maximum absolute atomic E-state index is 13.2. The number of rotatable bonds is 4. The maximum Gasteiger partial charge on any atom is 0.314 e. The molecule has 0 heterocycles. The van der Waals surface area contributed by atoms with Gasteiger partial charge >= 0.3 is 5.97 Å². The van der Waals surface area contributed by atoms with E-state index in [1.165, 1.54) is 32.1 Å². The fourth-order valence-electron chi connectivity index (χ4n) is 4.46. The Hall–Kier alpha value is -1.52. The minimum atomic E-state index is -1.55. The van der Waals surface area contributed by atoms with Gasteiger partial charge in [-0.05, 0) is 49.9 Å². The van der Waals surface area contributed by atoms with Crippen molar-refractivity contribution >= 4 is 5.97 Å². The molecule has 1 aromatic rings. The van der Waals surface area contributed by atoms with Crippen LogP contribution in [0.3, 0.4) is 0 Å². The molecule has 144 valence electrons. The van der Waals surface area contributed by atoms with Gasteiger partial charge in [-0.2, -0.15) is 0 Å². The lowest BCUT2D eigenvalue weighted by molar-refractivity contribution is -0.140. The van der Waals surface area contributed by atoms with Crippen LogP contribution < -0.4 is 4.74 Å². The molecule has 2 nitrogen and oxygen atoms in total. The third kappa shape index (κ3) is 4.80. The van der Waals surface area contributed by atoms with Crippen molar-refractivity contribution in [3.05, 3.63) is 29.6 Å². The van der Waals surface area contributed by atoms with E-state index < -0.39 is 23.4 Å². The Bertz CT molecular complexity index is 607. The summed E-state index contributed by atoms with van der Waals surface area (Å²) in [6, 6.07) is 1.43. The average molecular weight is 368 g/mol. The molecule has 1 aromatic carbocycles. The fraction of sp³-hybridized carbons (Fsp3) is 0.667. The Labute approximate surface area is 153 Å². The second-order valence-electron chi connectivity index (χ2n) is 8.20. The molecule has 3 rings (SSSR count). The predicted molar refractivity (Wildman–Crippen MR) is 93.1 cm³/mol. The molecule has 0 radical (unpaired) electrons. The standard InChI is InChI=1S/C21H27F3O2/c1-13-2-4-14(5-3-13)10-15-6-8-16(9-7-15)21(25)26-17-11-18(22)20(24)19(23)12-17/h11-16H,2-10H2,1H3. The summed E-state index contributed by atoms with van der Waals surface area (Å²) in [6.45, 7) is 2.33. The first-order chi connectivity index (χ1) is 12.4. The van der Waals surface area contributed by atoms with E-state index in [-0.39, 0.29) is 11.7 Å². The van der Waals surface area contributed by atoms with Gasteiger partial charge in [-0.3, -0.25) is 4.79 Å². The summed E-state index contributed by atoms with van der Waals surface area (Å²) in [5, 5.41) is 0. The normalized spacial score (nSPS) is 29.4. The molecule has 2 aliphatic carbocycles. The highest BCUT2D eigenvalue weighted by atomic mass is 19.2. The summed E-state index contributed by atoms with van der Waals surface area (Å²) in [5.74, 6) is -2.89. The van der Waals surface area contributed by atoms with Gasteiger partial charge in [0.1, 0.15) is 5.75 Å². The average Bonchev–Trinajstić information content (AvgIpc) is 2.62. The molecular weight excluding hydrogens is 341 g/mol. The number of ether oxygens (including phenoxy) is 1. The zero-order valence-corrected chi connectivity index (χ0v) is 15.3. The number of halogens is 3. The molecule has 2 fully saturated rings. The van der Waals surface area contributed by atoms with Crippen molar-refractivity contribution in [1.82, 2.24) is 0 Å². The van der Waals surface area contributed by atoms with Crippen LogP contribution in [0.4, 0.5) is 13.2 Å². The van der Waals surface area contributed by atoms with Crippen LogP contribution in [0.1, 0.15) is 64.7 Å². The zero-order chi connectivity index (χ0) is 18.7. The molecule has 0 spiro atoms. The van der Waals surface area contributed by atoms with Crippen LogP contribution in [0.5, 0.6) is 5.75 Å². The molecule has 0 aliphatic heterocycles. The summed E-state index contributed by atoms with van der Waals surface area (Å²) in [7, 11) is 0. The number of hydrogen-bond donors (Lipinski definition) is 0. The molecule has 2 saturated carbocycles. The molecule has 0 atom stereocenters. The van der Waals surface area contributed by atoms with E-state index in [1.807, 2.05) is 0 Å². The van der Waals surface area contributed by atoms with E-state index in [2.05, 4.69) is 6.92 Å². The van der Waals surface area contributed by atoms with E-state index >= 15 is 0 Å². The lowest BCUT2D eigenvalue weighted by atomic mass is 9.73. The van der Waals surface area contributed by atoms with Gasteiger partial charge in [0.15, 0.2) is 17.5 Å². The number of carbonyl (C=O) groups is 1. The highest BCUT2D eigenvalue weighted by molar-refractivity contribution is 5.75. The molecule has 0 N–H and O–H groups in total. The van der Waals surface area contributed by atoms with Gasteiger partial charge in [-0.1, -0.05) is 32.6 Å². The first-order valence-electron chi connectivity index (χ1n) is 9.78. The van der Waals surface area contributed by atoms with Crippen LogP contribution >= 0.6 is 0 Å². The first-order valence-corrected chi connectivity index (χ1v) is 9.78. The van der Waals surface area contributed by atoms with E-state index in [0.29, 0.717) is 18.1 Å². The van der Waals surface area contributed by atoms with Gasteiger partial charge in [0.25, 0.3) is 0 Å². The van der Waals surface area contributed by atoms with Crippen molar-refractivity contribution in [1.29, 1.82) is 0 Å². The van der Waals surface area contributed by atoms with Gasteiger partial charge in [0, 0.05) is 12.1 Å². The Morgan fingerprint density at radius 3 is 1.96 bits per heavy atom. The minimum absolute atomic E-state index is 0.242. The third-order valence-electron chi connectivity index (χ3n) is 6.16. The van der Waals surface area contributed by atoms with Crippen LogP contribution in [0.25, 0.3) is 0 Å². The topological polar surface area (TPSA) is 26.3 Å². The second kappa shape index (κ2) is 8.45. The quantitative estimate of drug-likeness (QED) is 0.368. The van der Waals surface area contributed by atoms with Crippen molar-refractivity contribution in [2.45, 2.75) is 64.7 Å². The Kier molecular flexibility index (Phi) is 6.25. The molecule has 0 saturated heterocycles. The molecule has 26 heavy (non-hydrogen) atoms. The van der Waals surface area contributed by atoms with Crippen LogP contribution in [0.2, 0.25) is 0 Å². The van der Waals surface area contributed by atoms with Crippen LogP contribution in [0, 0.1) is 41.1 Å². The van der Waals surface area contributed by atoms with Gasteiger partial charge in [-0.15, -0.1) is 0 Å². The summed E-state index contributed by atoms with van der Waals surface area (Å²) in [6.07, 6.45) is 10.1. The monoisotopic (exact) mass is 368 g/mol. The van der Waals surface area contributed by atoms with Gasteiger partial charge in [0.2, 0.25) is 0 Å². The maximum atomic E-state index is 13.2. The van der Waals surface area contributed by atoms with Crippen LogP contribution in [-0.2, 0) is 4.79 Å². The number of carbonyl (C=O) groups excluding carboxylic acids is 1. The van der Waals surface area contributed by atoms with E-state index in [4.69, 9.17) is 4.74 Å². The molecule has 0 bridgehead atoms. The number of esters is 1. The molecule has 0 aromatic heterocycles. The van der Waals surface area contributed by atoms with Crippen molar-refractivity contribution in [3.63, 3.8) is 0 Å². The number of benzene rings is 1. The van der Waals surface area contributed by atoms with Crippen molar-refractivity contribution in [2.75, 3.05) is 0 Å². The minimum Gasteiger partial charge on any atom is -0.426 e. The van der Waals surface area contributed by atoms with Gasteiger partial charge in [-0.25, -0.2) is 13.2 Å². The fourth-order valence-corrected chi connectivity index (χ4v) is 4.46. The summed E-state index contributed by atoms with van der Waals surface area (Å²) in [4.78, 5) is 12.2. The highest BCUT2D eigenvalue weighted by Gasteiger charge is 2.30. The lowest BCUT2D eigenvalue weighted by Gasteiger charge is -2.32. The SMILES string of the molecule is CC1CCC(CC2CCC(C(=O)Oc3cc(F)c(F)c(F)c3)CC2)CC1. The molecular formula is C21H27F3O2. The van der Waals surface area contributed by atoms with Crippen LogP contribution in [0.15, 0.2) is 12.1 Å². The Morgan fingerprint density at radius 1 is 0.923 bits per heavy atom. The zero-order valence-electron chi connectivity index (χ0n) is 15.3. The molecule has 0 unspecified atom stereocenters.